The van der Waals surface area contributed by atoms with E-state index in [2.05, 4.69) is 0 Å². The van der Waals surface area contributed by atoms with Crippen LogP contribution in [0.4, 0.5) is 5.69 Å². The molecule has 0 spiro atoms. The van der Waals surface area contributed by atoms with Crippen molar-refractivity contribution in [1.29, 1.82) is 0 Å². The fraction of sp³-hybridized carbons (Fsp3) is 0. The van der Waals surface area contributed by atoms with Crippen molar-refractivity contribution in [3.8, 4) is 17.1 Å². The zero-order valence-corrected chi connectivity index (χ0v) is 12.9. The summed E-state index contributed by atoms with van der Waals surface area (Å²) in [5.41, 5.74) is 2.57. The van der Waals surface area contributed by atoms with Gasteiger partial charge in [-0.05, 0) is 36.4 Å². The highest BCUT2D eigenvalue weighted by atomic mass is 16.3. The van der Waals surface area contributed by atoms with Gasteiger partial charge < -0.3 is 9.52 Å². The van der Waals surface area contributed by atoms with E-state index in [9.17, 15) is 5.11 Å². The van der Waals surface area contributed by atoms with Crippen molar-refractivity contribution in [3.63, 3.8) is 0 Å². The highest BCUT2D eigenvalue weighted by Crippen LogP contribution is 2.23. The van der Waals surface area contributed by atoms with Gasteiger partial charge in [-0.1, -0.05) is 42.5 Å². The summed E-state index contributed by atoms with van der Waals surface area (Å²) in [6, 6.07) is 26.6. The average molecular weight is 313 g/mol. The van der Waals surface area contributed by atoms with E-state index < -0.39 is 0 Å². The zero-order valence-electron chi connectivity index (χ0n) is 12.9. The summed E-state index contributed by atoms with van der Waals surface area (Å²) in [6.45, 7) is 0. The SMILES string of the molecule is Oc1ccc(N=c2cc(-c3ccccc3)oc3ccccc23)cc1. The first-order valence-electron chi connectivity index (χ1n) is 7.72. The molecule has 0 saturated heterocycles. The summed E-state index contributed by atoms with van der Waals surface area (Å²) in [5.74, 6) is 0.999. The number of phenols is 1. The molecular formula is C21H15NO2. The minimum absolute atomic E-state index is 0.229. The largest absolute Gasteiger partial charge is 0.508 e. The number of nitrogens with zero attached hydrogens (tertiary/aromatic N) is 1. The Labute approximate surface area is 139 Å². The van der Waals surface area contributed by atoms with Crippen molar-refractivity contribution >= 4 is 16.7 Å². The first-order valence-corrected chi connectivity index (χ1v) is 7.72. The van der Waals surface area contributed by atoms with E-state index >= 15 is 0 Å². The van der Waals surface area contributed by atoms with Gasteiger partial charge in [0.1, 0.15) is 17.1 Å². The fourth-order valence-corrected chi connectivity index (χ4v) is 2.62. The monoisotopic (exact) mass is 313 g/mol. The summed E-state index contributed by atoms with van der Waals surface area (Å²) in [6.07, 6.45) is 0. The van der Waals surface area contributed by atoms with Crippen LogP contribution >= 0.6 is 0 Å². The third-order valence-electron chi connectivity index (χ3n) is 3.81. The van der Waals surface area contributed by atoms with Gasteiger partial charge in [-0.25, -0.2) is 4.99 Å². The van der Waals surface area contributed by atoms with Crippen molar-refractivity contribution in [1.82, 2.24) is 0 Å². The van der Waals surface area contributed by atoms with E-state index in [4.69, 9.17) is 9.41 Å². The predicted molar refractivity (Wildman–Crippen MR) is 95.0 cm³/mol. The van der Waals surface area contributed by atoms with Crippen molar-refractivity contribution in [2.24, 2.45) is 4.99 Å². The molecule has 0 aliphatic rings. The Hall–Kier alpha value is -3.33. The van der Waals surface area contributed by atoms with Crippen LogP contribution in [0.15, 0.2) is 94.3 Å². The normalized spacial score (nSPS) is 11.8. The van der Waals surface area contributed by atoms with Crippen LogP contribution in [0.2, 0.25) is 0 Å². The third-order valence-corrected chi connectivity index (χ3v) is 3.81. The van der Waals surface area contributed by atoms with E-state index in [1.165, 1.54) is 0 Å². The van der Waals surface area contributed by atoms with E-state index in [0.717, 1.165) is 33.3 Å². The number of aromatic hydroxyl groups is 1. The highest BCUT2D eigenvalue weighted by molar-refractivity contribution is 5.78. The van der Waals surface area contributed by atoms with Gasteiger partial charge >= 0.3 is 0 Å². The Morgan fingerprint density at radius 1 is 0.750 bits per heavy atom. The number of para-hydroxylation sites is 1. The second-order valence-electron chi connectivity index (χ2n) is 5.49. The topological polar surface area (TPSA) is 45.7 Å². The van der Waals surface area contributed by atoms with Gasteiger partial charge in [-0.2, -0.15) is 0 Å². The molecule has 1 N–H and O–H groups in total. The molecule has 1 aromatic heterocycles. The molecule has 0 unspecified atom stereocenters. The maximum atomic E-state index is 9.43. The van der Waals surface area contributed by atoms with Gasteiger partial charge in [-0.15, -0.1) is 0 Å². The summed E-state index contributed by atoms with van der Waals surface area (Å²) in [4.78, 5) is 4.73. The lowest BCUT2D eigenvalue weighted by atomic mass is 10.1. The second kappa shape index (κ2) is 6.05. The van der Waals surface area contributed by atoms with Gasteiger partial charge in [0.05, 0.1) is 11.0 Å². The Bertz CT molecular complexity index is 1050. The average Bonchev–Trinajstić information content (AvgIpc) is 2.64. The maximum Gasteiger partial charge on any atom is 0.136 e. The lowest BCUT2D eigenvalue weighted by Gasteiger charge is -2.05. The van der Waals surface area contributed by atoms with Gasteiger partial charge in [0.15, 0.2) is 0 Å². The smallest absolute Gasteiger partial charge is 0.136 e. The standard InChI is InChI=1S/C21H15NO2/c23-17-12-10-16(11-13-17)22-19-14-21(15-6-2-1-3-7-15)24-20-9-5-4-8-18(19)20/h1-14,23H. The Kier molecular flexibility index (Phi) is 3.60. The molecule has 1 heterocycles. The van der Waals surface area contributed by atoms with E-state index in [1.807, 2.05) is 60.7 Å². The zero-order chi connectivity index (χ0) is 16.4. The molecule has 4 aromatic rings. The molecule has 0 amide bonds. The van der Waals surface area contributed by atoms with Crippen LogP contribution in [0.1, 0.15) is 0 Å². The maximum absolute atomic E-state index is 9.43. The van der Waals surface area contributed by atoms with Gasteiger partial charge in [0.2, 0.25) is 0 Å². The van der Waals surface area contributed by atoms with Crippen LogP contribution in [0, 0.1) is 0 Å². The van der Waals surface area contributed by atoms with Gasteiger partial charge in [0, 0.05) is 17.0 Å². The molecule has 3 aromatic carbocycles. The quantitative estimate of drug-likeness (QED) is 0.563. The third kappa shape index (κ3) is 2.79. The summed E-state index contributed by atoms with van der Waals surface area (Å²) in [5, 5.41) is 11.2. The van der Waals surface area contributed by atoms with Crippen molar-refractivity contribution in [3.05, 3.63) is 90.3 Å². The van der Waals surface area contributed by atoms with E-state index in [1.54, 1.807) is 24.3 Å². The molecule has 3 heteroatoms. The van der Waals surface area contributed by atoms with Crippen molar-refractivity contribution in [2.45, 2.75) is 0 Å². The van der Waals surface area contributed by atoms with Crippen LogP contribution in [0.3, 0.4) is 0 Å². The van der Waals surface area contributed by atoms with E-state index in [-0.39, 0.29) is 5.75 Å². The molecule has 24 heavy (non-hydrogen) atoms. The molecule has 0 atom stereocenters. The minimum Gasteiger partial charge on any atom is -0.508 e. The second-order valence-corrected chi connectivity index (χ2v) is 5.49. The number of fused-ring (bicyclic) bond motifs is 1. The van der Waals surface area contributed by atoms with Crippen LogP contribution in [0.25, 0.3) is 22.3 Å². The lowest BCUT2D eigenvalue weighted by molar-refractivity contribution is 0.475. The number of rotatable bonds is 2. The first kappa shape index (κ1) is 14.3. The molecule has 3 nitrogen and oxygen atoms in total. The molecule has 0 aliphatic heterocycles. The van der Waals surface area contributed by atoms with Crippen LogP contribution in [-0.4, -0.2) is 5.11 Å². The lowest BCUT2D eigenvalue weighted by Crippen LogP contribution is -2.02. The molecule has 4 rings (SSSR count). The molecule has 0 radical (unpaired) electrons. The Morgan fingerprint density at radius 3 is 2.25 bits per heavy atom. The first-order chi connectivity index (χ1) is 11.8. The van der Waals surface area contributed by atoms with Gasteiger partial charge in [-0.3, -0.25) is 0 Å². The summed E-state index contributed by atoms with van der Waals surface area (Å²) >= 11 is 0. The Balaban J connectivity index is 1.98. The molecule has 0 aliphatic carbocycles. The van der Waals surface area contributed by atoms with Gasteiger partial charge in [0.25, 0.3) is 0 Å². The molecule has 0 bridgehead atoms. The summed E-state index contributed by atoms with van der Waals surface area (Å²) < 4.78 is 6.05. The molecule has 0 saturated carbocycles. The minimum atomic E-state index is 0.229. The molecule has 0 fully saturated rings. The van der Waals surface area contributed by atoms with Crippen molar-refractivity contribution < 1.29 is 9.52 Å². The number of hydrogen-bond acceptors (Lipinski definition) is 3. The summed E-state index contributed by atoms with van der Waals surface area (Å²) in [7, 11) is 0. The van der Waals surface area contributed by atoms with Crippen molar-refractivity contribution in [2.75, 3.05) is 0 Å². The number of hydrogen-bond donors (Lipinski definition) is 1. The number of phenolic OH excluding ortho intramolecular Hbond substituents is 1. The predicted octanol–water partition coefficient (Wildman–Crippen LogP) is 5.04. The van der Waals surface area contributed by atoms with Crippen LogP contribution < -0.4 is 5.36 Å². The fourth-order valence-electron chi connectivity index (χ4n) is 2.62. The van der Waals surface area contributed by atoms with E-state index in [0.29, 0.717) is 0 Å². The van der Waals surface area contributed by atoms with Crippen LogP contribution in [-0.2, 0) is 0 Å². The highest BCUT2D eigenvalue weighted by Gasteiger charge is 2.05. The van der Waals surface area contributed by atoms with Crippen LogP contribution in [0.5, 0.6) is 5.75 Å². The Morgan fingerprint density at radius 2 is 1.46 bits per heavy atom. The number of benzene rings is 3. The molecular weight excluding hydrogens is 298 g/mol. The molecule has 116 valence electrons.